The van der Waals surface area contributed by atoms with Gasteiger partial charge in [0.15, 0.2) is 5.65 Å². The second-order valence-corrected chi connectivity index (χ2v) is 5.03. The summed E-state index contributed by atoms with van der Waals surface area (Å²) in [5.41, 5.74) is 3.29. The van der Waals surface area contributed by atoms with Crippen LogP contribution in [0.3, 0.4) is 0 Å². The molecule has 1 unspecified atom stereocenters. The first kappa shape index (κ1) is 14.1. The normalized spacial score (nSPS) is 19.4. The minimum atomic E-state index is -0.000408. The molecule has 104 valence electrons. The van der Waals surface area contributed by atoms with Gasteiger partial charge in [0, 0.05) is 23.4 Å². The Morgan fingerprint density at radius 2 is 2.16 bits per heavy atom. The van der Waals surface area contributed by atoms with Gasteiger partial charge in [0.1, 0.15) is 0 Å². The number of nitrogens with zero attached hydrogens (tertiary/aromatic N) is 2. The molecule has 1 saturated heterocycles. The summed E-state index contributed by atoms with van der Waals surface area (Å²) in [6, 6.07) is 2.30. The number of piperidine rings is 1. The maximum atomic E-state index is 12.1. The molecule has 0 bridgehead atoms. The van der Waals surface area contributed by atoms with Crippen LogP contribution in [0.2, 0.25) is 0 Å². The lowest BCUT2D eigenvalue weighted by atomic mass is 10.0. The number of hydrogen-bond donors (Lipinski definition) is 2. The van der Waals surface area contributed by atoms with Gasteiger partial charge in [-0.3, -0.25) is 9.89 Å². The first-order valence-electron chi connectivity index (χ1n) is 6.49. The topological polar surface area (TPSA) is 62.2 Å². The van der Waals surface area contributed by atoms with Crippen LogP contribution in [0.5, 0.6) is 0 Å². The van der Waals surface area contributed by atoms with E-state index in [4.69, 9.17) is 0 Å². The second-order valence-electron chi connectivity index (χ2n) is 5.03. The highest BCUT2D eigenvalue weighted by atomic mass is 35.5. The third kappa shape index (κ3) is 2.40. The summed E-state index contributed by atoms with van der Waals surface area (Å²) < 4.78 is 1.55. The van der Waals surface area contributed by atoms with Crippen molar-refractivity contribution in [1.82, 2.24) is 19.9 Å². The van der Waals surface area contributed by atoms with E-state index in [0.717, 1.165) is 24.4 Å². The zero-order valence-electron chi connectivity index (χ0n) is 11.2. The van der Waals surface area contributed by atoms with Crippen LogP contribution in [0.25, 0.3) is 5.65 Å². The Balaban J connectivity index is 0.00000133. The molecule has 0 amide bonds. The fraction of sp³-hybridized carbons (Fsp3) is 0.538. The number of aromatic amines is 1. The highest BCUT2D eigenvalue weighted by molar-refractivity contribution is 5.85. The summed E-state index contributed by atoms with van der Waals surface area (Å²) in [5, 5.41) is 6.65. The van der Waals surface area contributed by atoms with Gasteiger partial charge in [-0.05, 0) is 33.2 Å². The molecule has 3 rings (SSSR count). The molecule has 1 aliphatic heterocycles. The van der Waals surface area contributed by atoms with E-state index in [0.29, 0.717) is 17.3 Å². The van der Waals surface area contributed by atoms with Gasteiger partial charge in [-0.2, -0.15) is 0 Å². The van der Waals surface area contributed by atoms with Crippen LogP contribution in [0.1, 0.15) is 42.3 Å². The number of fused-ring (bicyclic) bond motifs is 1. The molecule has 0 saturated carbocycles. The number of halogens is 1. The van der Waals surface area contributed by atoms with Gasteiger partial charge >= 0.3 is 0 Å². The molecular formula is C13H19ClN4O. The Morgan fingerprint density at radius 3 is 2.84 bits per heavy atom. The van der Waals surface area contributed by atoms with Crippen LogP contribution in [-0.4, -0.2) is 21.1 Å². The van der Waals surface area contributed by atoms with Crippen molar-refractivity contribution in [2.24, 2.45) is 0 Å². The number of aromatic nitrogens is 3. The van der Waals surface area contributed by atoms with E-state index in [9.17, 15) is 4.79 Å². The molecule has 1 atom stereocenters. The molecule has 6 heteroatoms. The van der Waals surface area contributed by atoms with Crippen molar-refractivity contribution in [3.8, 4) is 0 Å². The number of rotatable bonds is 1. The van der Waals surface area contributed by atoms with Crippen molar-refractivity contribution < 1.29 is 0 Å². The Morgan fingerprint density at radius 1 is 1.37 bits per heavy atom. The molecule has 1 fully saturated rings. The molecule has 2 N–H and O–H groups in total. The maximum Gasteiger partial charge on any atom is 0.275 e. The quantitative estimate of drug-likeness (QED) is 0.839. The molecule has 0 spiro atoms. The Hall–Kier alpha value is -1.33. The van der Waals surface area contributed by atoms with Crippen molar-refractivity contribution in [2.45, 2.75) is 39.2 Å². The van der Waals surface area contributed by atoms with Gasteiger partial charge in [0.05, 0.1) is 5.69 Å². The van der Waals surface area contributed by atoms with Crippen LogP contribution in [0.4, 0.5) is 0 Å². The van der Waals surface area contributed by atoms with Gasteiger partial charge in [0.2, 0.25) is 0 Å². The van der Waals surface area contributed by atoms with Gasteiger partial charge in [0.25, 0.3) is 5.56 Å². The highest BCUT2D eigenvalue weighted by Crippen LogP contribution is 2.22. The van der Waals surface area contributed by atoms with E-state index in [-0.39, 0.29) is 18.0 Å². The smallest absolute Gasteiger partial charge is 0.275 e. The minimum absolute atomic E-state index is 0. The third-order valence-electron chi connectivity index (χ3n) is 3.79. The summed E-state index contributed by atoms with van der Waals surface area (Å²) >= 11 is 0. The Bertz CT molecular complexity index is 640. The molecule has 5 nitrogen and oxygen atoms in total. The molecule has 0 aliphatic carbocycles. The summed E-state index contributed by atoms with van der Waals surface area (Å²) in [6.07, 6.45) is 3.57. The lowest BCUT2D eigenvalue weighted by Gasteiger charge is -2.21. The molecular weight excluding hydrogens is 264 g/mol. The zero-order valence-corrected chi connectivity index (χ0v) is 12.0. The molecule has 1 aliphatic rings. The van der Waals surface area contributed by atoms with E-state index >= 15 is 0 Å². The van der Waals surface area contributed by atoms with E-state index in [1.807, 2.05) is 19.9 Å². The van der Waals surface area contributed by atoms with Crippen LogP contribution < -0.4 is 10.9 Å². The third-order valence-corrected chi connectivity index (χ3v) is 3.79. The van der Waals surface area contributed by atoms with Crippen LogP contribution >= 0.6 is 12.4 Å². The average Bonchev–Trinajstić information content (AvgIpc) is 2.81. The van der Waals surface area contributed by atoms with E-state index < -0.39 is 0 Å². The second kappa shape index (κ2) is 5.35. The average molecular weight is 283 g/mol. The van der Waals surface area contributed by atoms with Crippen LogP contribution in [0.15, 0.2) is 10.9 Å². The summed E-state index contributed by atoms with van der Waals surface area (Å²) in [6.45, 7) is 4.74. The van der Waals surface area contributed by atoms with Crippen LogP contribution in [0, 0.1) is 13.8 Å². The molecule has 2 aromatic heterocycles. The van der Waals surface area contributed by atoms with Crippen molar-refractivity contribution in [3.63, 3.8) is 0 Å². The van der Waals surface area contributed by atoms with Crippen molar-refractivity contribution in [3.05, 3.63) is 33.4 Å². The number of aryl methyl sites for hydroxylation is 1. The number of H-pyrrole nitrogens is 1. The van der Waals surface area contributed by atoms with Crippen molar-refractivity contribution in [1.29, 1.82) is 0 Å². The van der Waals surface area contributed by atoms with Gasteiger partial charge in [-0.15, -0.1) is 12.4 Å². The first-order chi connectivity index (χ1) is 8.66. The molecule has 3 heterocycles. The van der Waals surface area contributed by atoms with E-state index in [2.05, 4.69) is 15.4 Å². The molecule has 19 heavy (non-hydrogen) atoms. The van der Waals surface area contributed by atoms with E-state index in [1.54, 1.807) is 4.52 Å². The predicted molar refractivity (Wildman–Crippen MR) is 77.1 cm³/mol. The fourth-order valence-electron chi connectivity index (χ4n) is 2.53. The standard InChI is InChI=1S/C13H18N4O.ClH/c1-8-9(2)15-12-7-11(16-17(12)13(8)18)10-5-3-4-6-14-10;/h7,10,14,16H,3-6H2,1-2H3;1H. The highest BCUT2D eigenvalue weighted by Gasteiger charge is 2.18. The molecule has 0 aromatic carbocycles. The largest absolute Gasteiger partial charge is 0.309 e. The lowest BCUT2D eigenvalue weighted by Crippen LogP contribution is -2.27. The summed E-state index contributed by atoms with van der Waals surface area (Å²) in [4.78, 5) is 16.6. The Kier molecular flexibility index (Phi) is 3.96. The van der Waals surface area contributed by atoms with Gasteiger partial charge < -0.3 is 5.32 Å². The maximum absolute atomic E-state index is 12.1. The Labute approximate surface area is 117 Å². The number of nitrogens with one attached hydrogen (secondary N) is 2. The van der Waals surface area contributed by atoms with Gasteiger partial charge in [-0.1, -0.05) is 6.42 Å². The SMILES string of the molecule is Cc1nc2cc(C3CCCCN3)[nH]n2c(=O)c1C.Cl. The van der Waals surface area contributed by atoms with Crippen LogP contribution in [-0.2, 0) is 0 Å². The zero-order chi connectivity index (χ0) is 12.7. The van der Waals surface area contributed by atoms with Crippen molar-refractivity contribution in [2.75, 3.05) is 6.54 Å². The number of hydrogen-bond acceptors (Lipinski definition) is 3. The molecule has 2 aromatic rings. The van der Waals surface area contributed by atoms with E-state index in [1.165, 1.54) is 12.8 Å². The summed E-state index contributed by atoms with van der Waals surface area (Å²) in [7, 11) is 0. The van der Waals surface area contributed by atoms with Crippen molar-refractivity contribution >= 4 is 18.1 Å². The molecule has 0 radical (unpaired) electrons. The monoisotopic (exact) mass is 282 g/mol. The van der Waals surface area contributed by atoms with Gasteiger partial charge in [-0.25, -0.2) is 9.50 Å². The summed E-state index contributed by atoms with van der Waals surface area (Å²) in [5.74, 6) is 0. The lowest BCUT2D eigenvalue weighted by molar-refractivity contribution is 0.404. The first-order valence-corrected chi connectivity index (χ1v) is 6.49. The predicted octanol–water partition coefficient (Wildman–Crippen LogP) is 1.88. The minimum Gasteiger partial charge on any atom is -0.309 e. The fourth-order valence-corrected chi connectivity index (χ4v) is 2.53.